The highest BCUT2D eigenvalue weighted by molar-refractivity contribution is 5.77. The van der Waals surface area contributed by atoms with E-state index in [0.717, 1.165) is 5.56 Å². The zero-order chi connectivity index (χ0) is 10.7. The molecule has 0 saturated heterocycles. The van der Waals surface area contributed by atoms with Crippen LogP contribution in [0.25, 0.3) is 0 Å². The van der Waals surface area contributed by atoms with Crippen LogP contribution in [0.15, 0.2) is 18.2 Å². The van der Waals surface area contributed by atoms with E-state index in [0.29, 0.717) is 11.1 Å². The van der Waals surface area contributed by atoms with E-state index in [-0.39, 0.29) is 0 Å². The van der Waals surface area contributed by atoms with Crippen LogP contribution in [0.3, 0.4) is 0 Å². The molecule has 0 aliphatic carbocycles. The van der Waals surface area contributed by atoms with Gasteiger partial charge in [-0.1, -0.05) is 12.1 Å². The van der Waals surface area contributed by atoms with E-state index >= 15 is 0 Å². The molecule has 1 rings (SSSR count). The second-order valence-electron chi connectivity index (χ2n) is 2.96. The van der Waals surface area contributed by atoms with Crippen molar-refractivity contribution in [1.82, 2.24) is 0 Å². The minimum absolute atomic E-state index is 0.319. The number of nitrogens with zero attached hydrogens (tertiary/aromatic N) is 1. The first kappa shape index (κ1) is 10.2. The van der Waals surface area contributed by atoms with Gasteiger partial charge in [-0.25, -0.2) is 0 Å². The van der Waals surface area contributed by atoms with Crippen molar-refractivity contribution in [3.05, 3.63) is 34.9 Å². The molecule has 0 heterocycles. The van der Waals surface area contributed by atoms with Crippen LogP contribution < -0.4 is 5.73 Å². The highest BCUT2D eigenvalue weighted by Gasteiger charge is 2.19. The molecule has 0 amide bonds. The molecule has 0 fully saturated rings. The zero-order valence-corrected chi connectivity index (χ0v) is 7.69. The molecule has 0 aliphatic heterocycles. The Kier molecular flexibility index (Phi) is 2.85. The van der Waals surface area contributed by atoms with E-state index in [9.17, 15) is 4.79 Å². The van der Waals surface area contributed by atoms with Crippen molar-refractivity contribution in [2.24, 2.45) is 5.73 Å². The van der Waals surface area contributed by atoms with Crippen LogP contribution in [0.4, 0.5) is 0 Å². The lowest BCUT2D eigenvalue weighted by atomic mass is 9.96. The molecule has 1 atom stereocenters. The van der Waals surface area contributed by atoms with Gasteiger partial charge in [-0.15, -0.1) is 0 Å². The number of aliphatic carboxylic acids is 1. The summed E-state index contributed by atoms with van der Waals surface area (Å²) in [4.78, 5) is 10.7. The maximum absolute atomic E-state index is 10.7. The Morgan fingerprint density at radius 1 is 1.64 bits per heavy atom. The molecule has 0 radical (unpaired) electrons. The van der Waals surface area contributed by atoms with E-state index in [4.69, 9.17) is 16.1 Å². The van der Waals surface area contributed by atoms with Crippen molar-refractivity contribution in [2.45, 2.75) is 13.0 Å². The van der Waals surface area contributed by atoms with Crippen LogP contribution in [0.2, 0.25) is 0 Å². The highest BCUT2D eigenvalue weighted by atomic mass is 16.4. The molecule has 0 saturated carbocycles. The van der Waals surface area contributed by atoms with Gasteiger partial charge in [0.05, 0.1) is 11.6 Å². The predicted molar refractivity (Wildman–Crippen MR) is 50.5 cm³/mol. The number of hydrogen-bond donors (Lipinski definition) is 2. The van der Waals surface area contributed by atoms with Gasteiger partial charge in [0.1, 0.15) is 6.04 Å². The molecule has 1 aromatic carbocycles. The van der Waals surface area contributed by atoms with Gasteiger partial charge in [0, 0.05) is 5.56 Å². The number of benzene rings is 1. The number of rotatable bonds is 2. The lowest BCUT2D eigenvalue weighted by molar-refractivity contribution is -0.138. The number of carboxylic acid groups (broad SMARTS) is 1. The fraction of sp³-hybridized carbons (Fsp3) is 0.200. The monoisotopic (exact) mass is 190 g/mol. The summed E-state index contributed by atoms with van der Waals surface area (Å²) in [5.41, 5.74) is 6.90. The zero-order valence-electron chi connectivity index (χ0n) is 7.69. The quantitative estimate of drug-likeness (QED) is 0.726. The lowest BCUT2D eigenvalue weighted by Gasteiger charge is -2.11. The first-order valence-corrected chi connectivity index (χ1v) is 4.06. The minimum atomic E-state index is -1.13. The van der Waals surface area contributed by atoms with Gasteiger partial charge in [-0.05, 0) is 18.6 Å². The summed E-state index contributed by atoms with van der Waals surface area (Å²) in [5.74, 6) is -1.13. The van der Waals surface area contributed by atoms with Gasteiger partial charge in [-0.2, -0.15) is 5.26 Å². The fourth-order valence-electron chi connectivity index (χ4n) is 1.31. The Hall–Kier alpha value is -1.86. The van der Waals surface area contributed by atoms with E-state index in [1.807, 2.05) is 6.07 Å². The summed E-state index contributed by atoms with van der Waals surface area (Å²) in [7, 11) is 0. The van der Waals surface area contributed by atoms with Gasteiger partial charge < -0.3 is 10.8 Å². The Bertz CT molecular complexity index is 407. The van der Waals surface area contributed by atoms with Crippen LogP contribution in [-0.2, 0) is 4.79 Å². The summed E-state index contributed by atoms with van der Waals surface area (Å²) >= 11 is 0. The number of carbonyl (C=O) groups is 1. The van der Waals surface area contributed by atoms with E-state index < -0.39 is 12.0 Å². The van der Waals surface area contributed by atoms with Gasteiger partial charge in [0.25, 0.3) is 0 Å². The number of carboxylic acids is 1. The summed E-state index contributed by atoms with van der Waals surface area (Å²) in [6.07, 6.45) is 0. The van der Waals surface area contributed by atoms with E-state index in [1.54, 1.807) is 25.1 Å². The van der Waals surface area contributed by atoms with Crippen molar-refractivity contribution in [2.75, 3.05) is 0 Å². The second kappa shape index (κ2) is 3.90. The smallest absolute Gasteiger partial charge is 0.325 e. The fourth-order valence-corrected chi connectivity index (χ4v) is 1.31. The average Bonchev–Trinajstić information content (AvgIpc) is 2.16. The largest absolute Gasteiger partial charge is 0.480 e. The molecule has 0 unspecified atom stereocenters. The van der Waals surface area contributed by atoms with Gasteiger partial charge in [0.15, 0.2) is 0 Å². The standard InChI is InChI=1S/C10H10N2O2/c1-6-3-2-4-7(5-11)8(6)9(12)10(13)14/h2-4,9H,12H2,1H3,(H,13,14)/t9-/m0/s1. The van der Waals surface area contributed by atoms with Crippen molar-refractivity contribution in [3.8, 4) is 6.07 Å². The number of nitrogens with two attached hydrogens (primary N) is 1. The van der Waals surface area contributed by atoms with Crippen LogP contribution in [0.5, 0.6) is 0 Å². The first-order chi connectivity index (χ1) is 6.57. The topological polar surface area (TPSA) is 87.1 Å². The van der Waals surface area contributed by atoms with Crippen LogP contribution in [0, 0.1) is 18.3 Å². The van der Waals surface area contributed by atoms with Crippen LogP contribution >= 0.6 is 0 Å². The molecule has 1 aromatic rings. The third-order valence-corrected chi connectivity index (χ3v) is 2.02. The number of aryl methyl sites for hydroxylation is 1. The number of nitriles is 1. The van der Waals surface area contributed by atoms with Gasteiger partial charge in [0.2, 0.25) is 0 Å². The van der Waals surface area contributed by atoms with Crippen molar-refractivity contribution >= 4 is 5.97 Å². The normalized spacial score (nSPS) is 11.8. The molecule has 72 valence electrons. The van der Waals surface area contributed by atoms with Crippen molar-refractivity contribution in [3.63, 3.8) is 0 Å². The second-order valence-corrected chi connectivity index (χ2v) is 2.96. The summed E-state index contributed by atoms with van der Waals surface area (Å²) in [6.45, 7) is 1.74. The highest BCUT2D eigenvalue weighted by Crippen LogP contribution is 2.20. The Labute approximate surface area is 81.6 Å². The number of hydrogen-bond acceptors (Lipinski definition) is 3. The first-order valence-electron chi connectivity index (χ1n) is 4.06. The molecule has 4 nitrogen and oxygen atoms in total. The third-order valence-electron chi connectivity index (χ3n) is 2.02. The SMILES string of the molecule is Cc1cccc(C#N)c1[C@H](N)C(=O)O. The van der Waals surface area contributed by atoms with Gasteiger partial charge >= 0.3 is 5.97 Å². The summed E-state index contributed by atoms with van der Waals surface area (Å²) in [6, 6.07) is 5.79. The molecular formula is C10H10N2O2. The molecule has 3 N–H and O–H groups in total. The summed E-state index contributed by atoms with van der Waals surface area (Å²) < 4.78 is 0. The molecule has 0 spiro atoms. The maximum atomic E-state index is 10.7. The van der Waals surface area contributed by atoms with Crippen LogP contribution in [-0.4, -0.2) is 11.1 Å². The molecule has 0 aliphatic rings. The molecule has 0 bridgehead atoms. The lowest BCUT2D eigenvalue weighted by Crippen LogP contribution is -2.22. The van der Waals surface area contributed by atoms with Crippen molar-refractivity contribution < 1.29 is 9.90 Å². The Morgan fingerprint density at radius 3 is 2.79 bits per heavy atom. The average molecular weight is 190 g/mol. The minimum Gasteiger partial charge on any atom is -0.480 e. The van der Waals surface area contributed by atoms with Gasteiger partial charge in [-0.3, -0.25) is 4.79 Å². The Balaban J connectivity index is 3.32. The molecular weight excluding hydrogens is 180 g/mol. The van der Waals surface area contributed by atoms with Crippen molar-refractivity contribution in [1.29, 1.82) is 5.26 Å². The molecule has 14 heavy (non-hydrogen) atoms. The third kappa shape index (κ3) is 1.73. The molecule has 0 aromatic heterocycles. The predicted octanol–water partition coefficient (Wildman–Crippen LogP) is 0.951. The van der Waals surface area contributed by atoms with Crippen LogP contribution in [0.1, 0.15) is 22.7 Å². The maximum Gasteiger partial charge on any atom is 0.325 e. The Morgan fingerprint density at radius 2 is 2.29 bits per heavy atom. The van der Waals surface area contributed by atoms with E-state index in [1.165, 1.54) is 0 Å². The van der Waals surface area contributed by atoms with E-state index in [2.05, 4.69) is 0 Å². The molecule has 4 heteroatoms. The summed E-state index contributed by atoms with van der Waals surface area (Å²) in [5, 5.41) is 17.5.